The molecule has 0 spiro atoms. The zero-order valence-electron chi connectivity index (χ0n) is 12.2. The molecular weight excluding hydrogens is 254 g/mol. The van der Waals surface area contributed by atoms with E-state index in [1.165, 1.54) is 0 Å². The summed E-state index contributed by atoms with van der Waals surface area (Å²) in [4.78, 5) is 14.3. The quantitative estimate of drug-likeness (QED) is 0.809. The number of nitrogens with zero attached hydrogens (tertiary/aromatic N) is 2. The Morgan fingerprint density at radius 3 is 2.75 bits per heavy atom. The molecule has 0 aliphatic rings. The molecule has 0 unspecified atom stereocenters. The van der Waals surface area contributed by atoms with Crippen LogP contribution >= 0.6 is 0 Å². The van der Waals surface area contributed by atoms with Crippen molar-refractivity contribution >= 4 is 11.6 Å². The summed E-state index contributed by atoms with van der Waals surface area (Å²) in [5.74, 6) is 0.289. The number of carbonyl (C=O) groups excluding carboxylic acids is 1. The molecule has 1 aromatic rings. The van der Waals surface area contributed by atoms with Crippen LogP contribution in [-0.4, -0.2) is 30.0 Å². The Kier molecular flexibility index (Phi) is 5.85. The average Bonchev–Trinajstić information content (AvgIpc) is 2.39. The van der Waals surface area contributed by atoms with E-state index in [9.17, 15) is 4.79 Å². The van der Waals surface area contributed by atoms with Gasteiger partial charge in [-0.2, -0.15) is 5.26 Å². The first-order valence-electron chi connectivity index (χ1n) is 6.72. The van der Waals surface area contributed by atoms with Crippen LogP contribution in [-0.2, 0) is 0 Å². The van der Waals surface area contributed by atoms with Crippen LogP contribution in [0.2, 0.25) is 0 Å². The molecule has 0 bridgehead atoms. The summed E-state index contributed by atoms with van der Waals surface area (Å²) >= 11 is 0. The maximum absolute atomic E-state index is 12.7. The molecule has 0 heterocycles. The van der Waals surface area contributed by atoms with Gasteiger partial charge in [0.1, 0.15) is 11.3 Å². The van der Waals surface area contributed by atoms with E-state index in [0.717, 1.165) is 0 Å². The largest absolute Gasteiger partial charge is 0.493 e. The molecule has 0 aromatic heterocycles. The molecular formula is C15H21N3O2. The van der Waals surface area contributed by atoms with Crippen LogP contribution < -0.4 is 10.5 Å². The number of amides is 1. The van der Waals surface area contributed by atoms with Crippen molar-refractivity contribution in [1.29, 1.82) is 5.26 Å². The zero-order valence-corrected chi connectivity index (χ0v) is 12.2. The topological polar surface area (TPSA) is 79.3 Å². The predicted octanol–water partition coefficient (Wildman–Crippen LogP) is 2.43. The first-order valence-corrected chi connectivity index (χ1v) is 6.72. The van der Waals surface area contributed by atoms with E-state index in [-0.39, 0.29) is 11.9 Å². The normalized spacial score (nSPS) is 10.2. The third-order valence-corrected chi connectivity index (χ3v) is 2.92. The third kappa shape index (κ3) is 3.64. The number of hydrogen-bond acceptors (Lipinski definition) is 4. The Bertz CT molecular complexity index is 506. The molecule has 5 heteroatoms. The standard InChI is InChI=1S/C15H21N3O2/c1-4-20-13-8-5-7-12(17)14(13)15(19)18(11(2)3)10-6-9-16/h5,7-8,11H,4,6,10,17H2,1-3H3. The minimum atomic E-state index is -0.197. The van der Waals surface area contributed by atoms with Gasteiger partial charge in [0, 0.05) is 18.3 Å². The van der Waals surface area contributed by atoms with Crippen molar-refractivity contribution in [2.45, 2.75) is 33.2 Å². The highest BCUT2D eigenvalue weighted by Crippen LogP contribution is 2.26. The van der Waals surface area contributed by atoms with Crippen molar-refractivity contribution in [3.05, 3.63) is 23.8 Å². The van der Waals surface area contributed by atoms with Crippen LogP contribution in [0.15, 0.2) is 18.2 Å². The molecule has 0 saturated heterocycles. The van der Waals surface area contributed by atoms with Gasteiger partial charge < -0.3 is 15.4 Å². The summed E-state index contributed by atoms with van der Waals surface area (Å²) in [6.07, 6.45) is 0.292. The number of benzene rings is 1. The van der Waals surface area contributed by atoms with E-state index in [1.54, 1.807) is 23.1 Å². The molecule has 0 atom stereocenters. The Morgan fingerprint density at radius 2 is 2.20 bits per heavy atom. The zero-order chi connectivity index (χ0) is 15.1. The summed E-state index contributed by atoms with van der Waals surface area (Å²) in [5.41, 5.74) is 6.69. The van der Waals surface area contributed by atoms with E-state index in [0.29, 0.717) is 36.6 Å². The van der Waals surface area contributed by atoms with E-state index in [2.05, 4.69) is 6.07 Å². The summed E-state index contributed by atoms with van der Waals surface area (Å²) in [5, 5.41) is 8.71. The second-order valence-corrected chi connectivity index (χ2v) is 4.65. The Labute approximate surface area is 119 Å². The molecule has 108 valence electrons. The third-order valence-electron chi connectivity index (χ3n) is 2.92. The summed E-state index contributed by atoms with van der Waals surface area (Å²) in [6, 6.07) is 7.22. The second-order valence-electron chi connectivity index (χ2n) is 4.65. The number of nitrogen functional groups attached to an aromatic ring is 1. The molecule has 0 aliphatic carbocycles. The molecule has 2 N–H and O–H groups in total. The molecule has 20 heavy (non-hydrogen) atoms. The van der Waals surface area contributed by atoms with Gasteiger partial charge in [-0.05, 0) is 32.9 Å². The molecule has 0 aliphatic heterocycles. The summed E-state index contributed by atoms with van der Waals surface area (Å²) < 4.78 is 5.48. The highest BCUT2D eigenvalue weighted by molar-refractivity contribution is 6.02. The smallest absolute Gasteiger partial charge is 0.259 e. The van der Waals surface area contributed by atoms with Crippen molar-refractivity contribution in [3.8, 4) is 11.8 Å². The van der Waals surface area contributed by atoms with Crippen molar-refractivity contribution in [2.75, 3.05) is 18.9 Å². The fourth-order valence-electron chi connectivity index (χ4n) is 1.96. The molecule has 0 radical (unpaired) electrons. The molecule has 1 rings (SSSR count). The van der Waals surface area contributed by atoms with Gasteiger partial charge in [-0.3, -0.25) is 4.79 Å². The van der Waals surface area contributed by atoms with E-state index in [1.807, 2.05) is 20.8 Å². The van der Waals surface area contributed by atoms with Gasteiger partial charge in [-0.1, -0.05) is 6.07 Å². The number of ether oxygens (including phenoxy) is 1. The van der Waals surface area contributed by atoms with Crippen LogP contribution in [0.25, 0.3) is 0 Å². The summed E-state index contributed by atoms with van der Waals surface area (Å²) in [6.45, 7) is 6.52. The van der Waals surface area contributed by atoms with Crippen LogP contribution in [0.3, 0.4) is 0 Å². The fourth-order valence-corrected chi connectivity index (χ4v) is 1.96. The van der Waals surface area contributed by atoms with Crippen molar-refractivity contribution < 1.29 is 9.53 Å². The van der Waals surface area contributed by atoms with Crippen LogP contribution in [0, 0.1) is 11.3 Å². The van der Waals surface area contributed by atoms with Crippen molar-refractivity contribution in [1.82, 2.24) is 4.90 Å². The number of rotatable bonds is 6. The van der Waals surface area contributed by atoms with E-state index < -0.39 is 0 Å². The van der Waals surface area contributed by atoms with Crippen molar-refractivity contribution in [3.63, 3.8) is 0 Å². The van der Waals surface area contributed by atoms with Gasteiger partial charge >= 0.3 is 0 Å². The summed E-state index contributed by atoms with van der Waals surface area (Å²) in [7, 11) is 0. The van der Waals surface area contributed by atoms with Gasteiger partial charge in [0.15, 0.2) is 0 Å². The lowest BCUT2D eigenvalue weighted by atomic mass is 10.1. The lowest BCUT2D eigenvalue weighted by Crippen LogP contribution is -2.38. The molecule has 1 amide bonds. The molecule has 1 aromatic carbocycles. The molecule has 0 saturated carbocycles. The Morgan fingerprint density at radius 1 is 1.50 bits per heavy atom. The Balaban J connectivity index is 3.14. The van der Waals surface area contributed by atoms with Crippen molar-refractivity contribution in [2.24, 2.45) is 0 Å². The Hall–Kier alpha value is -2.22. The second kappa shape index (κ2) is 7.39. The maximum atomic E-state index is 12.7. The first-order chi connectivity index (χ1) is 9.52. The van der Waals surface area contributed by atoms with Crippen LogP contribution in [0.4, 0.5) is 5.69 Å². The van der Waals surface area contributed by atoms with Gasteiger partial charge in [0.2, 0.25) is 0 Å². The number of hydrogen-bond donors (Lipinski definition) is 1. The minimum Gasteiger partial charge on any atom is -0.493 e. The van der Waals surface area contributed by atoms with E-state index in [4.69, 9.17) is 15.7 Å². The monoisotopic (exact) mass is 275 g/mol. The maximum Gasteiger partial charge on any atom is 0.259 e. The fraction of sp³-hybridized carbons (Fsp3) is 0.467. The molecule has 5 nitrogen and oxygen atoms in total. The molecule has 0 fully saturated rings. The first kappa shape index (κ1) is 15.8. The lowest BCUT2D eigenvalue weighted by Gasteiger charge is -2.27. The predicted molar refractivity (Wildman–Crippen MR) is 78.4 cm³/mol. The SMILES string of the molecule is CCOc1cccc(N)c1C(=O)N(CCC#N)C(C)C. The highest BCUT2D eigenvalue weighted by Gasteiger charge is 2.23. The average molecular weight is 275 g/mol. The van der Waals surface area contributed by atoms with Crippen LogP contribution in [0.5, 0.6) is 5.75 Å². The van der Waals surface area contributed by atoms with Gasteiger partial charge in [0.25, 0.3) is 5.91 Å². The number of nitrogens with two attached hydrogens (primary N) is 1. The lowest BCUT2D eigenvalue weighted by molar-refractivity contribution is 0.0707. The number of anilines is 1. The van der Waals surface area contributed by atoms with E-state index >= 15 is 0 Å². The number of nitriles is 1. The van der Waals surface area contributed by atoms with Gasteiger partial charge in [-0.15, -0.1) is 0 Å². The van der Waals surface area contributed by atoms with Crippen LogP contribution in [0.1, 0.15) is 37.6 Å². The minimum absolute atomic E-state index is 0.00932. The van der Waals surface area contributed by atoms with Gasteiger partial charge in [-0.25, -0.2) is 0 Å². The number of carbonyl (C=O) groups is 1. The highest BCUT2D eigenvalue weighted by atomic mass is 16.5. The van der Waals surface area contributed by atoms with Gasteiger partial charge in [0.05, 0.1) is 19.1 Å².